The Balaban J connectivity index is 1.57. The van der Waals surface area contributed by atoms with E-state index in [2.05, 4.69) is 9.82 Å². The van der Waals surface area contributed by atoms with Crippen LogP contribution in [0.25, 0.3) is 17.3 Å². The molecule has 0 aliphatic rings. The molecule has 1 N–H and O–H groups in total. The fourth-order valence-electron chi connectivity index (χ4n) is 2.61. The van der Waals surface area contributed by atoms with Gasteiger partial charge in [-0.25, -0.2) is 22.2 Å². The molecular weight excluding hydrogens is 393 g/mol. The molecule has 3 aromatic rings. The molecule has 0 bridgehead atoms. The summed E-state index contributed by atoms with van der Waals surface area (Å²) in [5, 5.41) is 5.39. The van der Waals surface area contributed by atoms with Crippen molar-refractivity contribution in [2.75, 3.05) is 6.54 Å². The number of hydrogen-bond acceptors (Lipinski definition) is 4. The smallest absolute Gasteiger partial charge is 0.266 e. The Morgan fingerprint density at radius 1 is 1.00 bits per heavy atom. The minimum absolute atomic E-state index is 0.163. The summed E-state index contributed by atoms with van der Waals surface area (Å²) in [6, 6.07) is 17.9. The van der Waals surface area contributed by atoms with Crippen LogP contribution in [-0.2, 0) is 16.6 Å². The average molecular weight is 413 g/mol. The molecule has 0 spiro atoms. The van der Waals surface area contributed by atoms with Crippen molar-refractivity contribution in [1.29, 1.82) is 0 Å². The normalized spacial score (nSPS) is 11.8. The fourth-order valence-corrected chi connectivity index (χ4v) is 3.47. The third-order valence-electron chi connectivity index (χ3n) is 4.10. The molecule has 6 nitrogen and oxygen atoms in total. The van der Waals surface area contributed by atoms with E-state index >= 15 is 0 Å². The van der Waals surface area contributed by atoms with Gasteiger partial charge >= 0.3 is 0 Å². The fraction of sp³-hybridized carbons (Fsp3) is 0.143. The van der Waals surface area contributed by atoms with Crippen LogP contribution in [0.2, 0.25) is 0 Å². The molecule has 1 aromatic heterocycles. The minimum atomic E-state index is -3.57. The summed E-state index contributed by atoms with van der Waals surface area (Å²) in [5.41, 5.74) is 1.72. The molecule has 150 valence electrons. The Labute approximate surface area is 168 Å². The van der Waals surface area contributed by atoms with E-state index in [1.54, 1.807) is 30.3 Å². The molecule has 0 unspecified atom stereocenters. The minimum Gasteiger partial charge on any atom is -0.268 e. The van der Waals surface area contributed by atoms with Crippen LogP contribution in [0.4, 0.5) is 4.39 Å². The van der Waals surface area contributed by atoms with E-state index in [1.807, 2.05) is 18.2 Å². The molecule has 2 aromatic carbocycles. The second kappa shape index (κ2) is 9.40. The van der Waals surface area contributed by atoms with Crippen LogP contribution in [0, 0.1) is 5.82 Å². The van der Waals surface area contributed by atoms with E-state index in [-0.39, 0.29) is 24.5 Å². The number of nitrogens with zero attached hydrogens (tertiary/aromatic N) is 2. The molecule has 0 atom stereocenters. The first-order valence-corrected chi connectivity index (χ1v) is 10.5. The lowest BCUT2D eigenvalue weighted by Crippen LogP contribution is -2.27. The van der Waals surface area contributed by atoms with E-state index in [9.17, 15) is 17.6 Å². The molecule has 0 aliphatic carbocycles. The van der Waals surface area contributed by atoms with Crippen LogP contribution in [0.5, 0.6) is 0 Å². The van der Waals surface area contributed by atoms with Crippen molar-refractivity contribution in [1.82, 2.24) is 14.5 Å². The van der Waals surface area contributed by atoms with E-state index in [1.165, 1.54) is 29.0 Å². The second-order valence-electron chi connectivity index (χ2n) is 6.29. The number of aryl methyl sites for hydroxylation is 1. The van der Waals surface area contributed by atoms with Gasteiger partial charge in [0.1, 0.15) is 5.82 Å². The molecule has 0 saturated carbocycles. The molecule has 3 rings (SSSR count). The second-order valence-corrected chi connectivity index (χ2v) is 7.94. The molecule has 0 fully saturated rings. The van der Waals surface area contributed by atoms with E-state index < -0.39 is 10.0 Å². The first-order chi connectivity index (χ1) is 13.9. The van der Waals surface area contributed by atoms with Gasteiger partial charge in [0.05, 0.1) is 5.69 Å². The zero-order valence-corrected chi connectivity index (χ0v) is 16.3. The van der Waals surface area contributed by atoms with E-state index in [0.717, 1.165) is 11.0 Å². The lowest BCUT2D eigenvalue weighted by atomic mass is 10.1. The van der Waals surface area contributed by atoms with Gasteiger partial charge in [0.15, 0.2) is 0 Å². The van der Waals surface area contributed by atoms with Crippen molar-refractivity contribution in [3.63, 3.8) is 0 Å². The number of aromatic nitrogens is 2. The topological polar surface area (TPSA) is 81.1 Å². The highest BCUT2D eigenvalue weighted by Gasteiger charge is 2.06. The molecule has 0 radical (unpaired) electrons. The maximum atomic E-state index is 13.1. The number of benzene rings is 2. The molecule has 0 aliphatic heterocycles. The highest BCUT2D eigenvalue weighted by molar-refractivity contribution is 7.92. The summed E-state index contributed by atoms with van der Waals surface area (Å²) < 4.78 is 40.9. The summed E-state index contributed by atoms with van der Waals surface area (Å²) in [6.07, 6.45) is 1.90. The SMILES string of the molecule is O=c1ccc(-c2ccc(F)cc2)nn1CCCNS(=O)(=O)C=Cc1ccccc1. The molecular formula is C21H20FN3O3S. The first kappa shape index (κ1) is 20.6. The Morgan fingerprint density at radius 3 is 2.45 bits per heavy atom. The number of halogens is 1. The summed E-state index contributed by atoms with van der Waals surface area (Å²) in [5.74, 6) is -0.351. The Bertz CT molecular complexity index is 1140. The van der Waals surface area contributed by atoms with Gasteiger partial charge in [-0.2, -0.15) is 5.10 Å². The van der Waals surface area contributed by atoms with Gasteiger partial charge in [0.2, 0.25) is 10.0 Å². The summed E-state index contributed by atoms with van der Waals surface area (Å²) >= 11 is 0. The van der Waals surface area contributed by atoms with Gasteiger partial charge in [0, 0.05) is 30.1 Å². The van der Waals surface area contributed by atoms with Crippen molar-refractivity contribution in [2.45, 2.75) is 13.0 Å². The molecule has 0 amide bonds. The summed E-state index contributed by atoms with van der Waals surface area (Å²) in [4.78, 5) is 12.0. The van der Waals surface area contributed by atoms with Gasteiger partial charge in [-0.3, -0.25) is 4.79 Å². The zero-order valence-electron chi connectivity index (χ0n) is 15.5. The van der Waals surface area contributed by atoms with Crippen LogP contribution >= 0.6 is 0 Å². The third kappa shape index (κ3) is 6.20. The lowest BCUT2D eigenvalue weighted by molar-refractivity contribution is 0.539. The van der Waals surface area contributed by atoms with Crippen LogP contribution < -0.4 is 10.3 Å². The van der Waals surface area contributed by atoms with E-state index in [4.69, 9.17) is 0 Å². The average Bonchev–Trinajstić information content (AvgIpc) is 2.72. The number of rotatable bonds is 8. The predicted octanol–water partition coefficient (Wildman–Crippen LogP) is 3.03. The highest BCUT2D eigenvalue weighted by atomic mass is 32.2. The third-order valence-corrected chi connectivity index (χ3v) is 5.20. The van der Waals surface area contributed by atoms with Crippen molar-refractivity contribution >= 4 is 16.1 Å². The maximum Gasteiger partial charge on any atom is 0.266 e. The van der Waals surface area contributed by atoms with Crippen molar-refractivity contribution < 1.29 is 12.8 Å². The van der Waals surface area contributed by atoms with E-state index in [0.29, 0.717) is 17.7 Å². The summed E-state index contributed by atoms with van der Waals surface area (Å²) in [7, 11) is -3.57. The number of hydrogen-bond donors (Lipinski definition) is 1. The number of nitrogens with one attached hydrogen (secondary N) is 1. The summed E-state index contributed by atoms with van der Waals surface area (Å²) in [6.45, 7) is 0.412. The standard InChI is InChI=1S/C21H20FN3O3S/c22-19-9-7-18(8-10-19)20-11-12-21(26)25(24-20)15-4-14-23-29(27,28)16-13-17-5-2-1-3-6-17/h1-3,5-13,16,23H,4,14-15H2. The van der Waals surface area contributed by atoms with Crippen LogP contribution in [-0.4, -0.2) is 24.7 Å². The van der Waals surface area contributed by atoms with Crippen LogP contribution in [0.3, 0.4) is 0 Å². The van der Waals surface area contributed by atoms with Crippen LogP contribution in [0.15, 0.2) is 76.9 Å². The maximum absolute atomic E-state index is 13.1. The van der Waals surface area contributed by atoms with Gasteiger partial charge in [-0.15, -0.1) is 0 Å². The monoisotopic (exact) mass is 413 g/mol. The first-order valence-electron chi connectivity index (χ1n) is 9.00. The molecule has 29 heavy (non-hydrogen) atoms. The predicted molar refractivity (Wildman–Crippen MR) is 111 cm³/mol. The molecule has 8 heteroatoms. The van der Waals surface area contributed by atoms with Gasteiger partial charge in [0.25, 0.3) is 5.56 Å². The van der Waals surface area contributed by atoms with Crippen molar-refractivity contribution in [3.8, 4) is 11.3 Å². The van der Waals surface area contributed by atoms with Gasteiger partial charge in [-0.1, -0.05) is 30.3 Å². The van der Waals surface area contributed by atoms with Gasteiger partial charge < -0.3 is 0 Å². The highest BCUT2D eigenvalue weighted by Crippen LogP contribution is 2.15. The number of sulfonamides is 1. The lowest BCUT2D eigenvalue weighted by Gasteiger charge is -2.08. The van der Waals surface area contributed by atoms with Gasteiger partial charge in [-0.05, 0) is 48.4 Å². The Kier molecular flexibility index (Phi) is 6.69. The quantitative estimate of drug-likeness (QED) is 0.576. The molecule has 0 saturated heterocycles. The van der Waals surface area contributed by atoms with Crippen molar-refractivity contribution in [2.24, 2.45) is 0 Å². The molecule has 1 heterocycles. The van der Waals surface area contributed by atoms with Crippen molar-refractivity contribution in [3.05, 3.63) is 93.9 Å². The zero-order chi connectivity index (χ0) is 20.7. The Hall–Kier alpha value is -3.10. The largest absolute Gasteiger partial charge is 0.268 e. The Morgan fingerprint density at radius 2 is 1.72 bits per heavy atom. The van der Waals surface area contributed by atoms with Crippen LogP contribution in [0.1, 0.15) is 12.0 Å².